The maximum atomic E-state index is 11.7. The minimum atomic E-state index is -0.272. The fourth-order valence-electron chi connectivity index (χ4n) is 2.65. The Hall–Kier alpha value is -1.55. The summed E-state index contributed by atoms with van der Waals surface area (Å²) in [6.45, 7) is 8.65. The lowest BCUT2D eigenvalue weighted by molar-refractivity contribution is 0.188. The fraction of sp³-hybridized carbons (Fsp3) is 0.556. The number of carbonyl (C=O) groups excluding carboxylic acids is 1. The van der Waals surface area contributed by atoms with Crippen molar-refractivity contribution in [3.63, 3.8) is 0 Å². The van der Waals surface area contributed by atoms with Crippen molar-refractivity contribution >= 4 is 41.7 Å². The summed E-state index contributed by atoms with van der Waals surface area (Å²) in [5, 5.41) is 18.6. The molecule has 146 valence electrons. The lowest BCUT2D eigenvalue weighted by Gasteiger charge is -2.20. The van der Waals surface area contributed by atoms with Gasteiger partial charge in [-0.2, -0.15) is 0 Å². The number of β-amino-alcohol motifs (C(OH)–C–C–N with tert-alkyl or cyclic N) is 1. The molecule has 26 heavy (non-hydrogen) atoms. The predicted octanol–water partition coefficient (Wildman–Crippen LogP) is 2.37. The van der Waals surface area contributed by atoms with Crippen LogP contribution in [0.2, 0.25) is 0 Å². The van der Waals surface area contributed by atoms with Crippen LogP contribution < -0.4 is 16.0 Å². The average Bonchev–Trinajstić information content (AvgIpc) is 2.98. The van der Waals surface area contributed by atoms with Crippen LogP contribution in [0.5, 0.6) is 0 Å². The first-order valence-corrected chi connectivity index (χ1v) is 8.85. The number of likely N-dealkylation sites (tertiary alicyclic amines) is 1. The maximum absolute atomic E-state index is 11.7. The van der Waals surface area contributed by atoms with Crippen LogP contribution in [0.4, 0.5) is 10.5 Å². The maximum Gasteiger partial charge on any atom is 0.319 e. The Kier molecular flexibility index (Phi) is 9.71. The fourth-order valence-corrected chi connectivity index (χ4v) is 2.65. The van der Waals surface area contributed by atoms with Gasteiger partial charge in [0.15, 0.2) is 5.96 Å². The number of aliphatic hydroxyl groups excluding tert-OH is 1. The summed E-state index contributed by atoms with van der Waals surface area (Å²) < 4.78 is 0. The first kappa shape index (κ1) is 22.5. The number of aliphatic imine (C=N–C) groups is 1. The van der Waals surface area contributed by atoms with Gasteiger partial charge >= 0.3 is 6.03 Å². The molecule has 1 fully saturated rings. The molecule has 0 aromatic heterocycles. The molecule has 1 atom stereocenters. The molecule has 1 heterocycles. The van der Waals surface area contributed by atoms with Gasteiger partial charge in [-0.25, -0.2) is 9.79 Å². The number of amides is 2. The van der Waals surface area contributed by atoms with Gasteiger partial charge in [-0.15, -0.1) is 24.0 Å². The number of urea groups is 1. The van der Waals surface area contributed by atoms with Gasteiger partial charge in [-0.05, 0) is 44.9 Å². The number of rotatable bonds is 5. The van der Waals surface area contributed by atoms with Gasteiger partial charge in [-0.1, -0.05) is 12.1 Å². The van der Waals surface area contributed by atoms with Crippen molar-refractivity contribution < 1.29 is 9.90 Å². The standard InChI is InChI=1S/C18H29N5O2.HI/c1-4-19-17(23-10-9-16(24)12-23)20-11-14-5-7-15(8-6-14)22-18(25)21-13(2)3;/h5-8,13,16,24H,4,9-12H2,1-3H3,(H,19,20)(H2,21,22,25);1H/t16-;/m1./s1. The van der Waals surface area contributed by atoms with Crippen molar-refractivity contribution in [1.29, 1.82) is 0 Å². The Balaban J connectivity index is 0.00000338. The highest BCUT2D eigenvalue weighted by molar-refractivity contribution is 14.0. The summed E-state index contributed by atoms with van der Waals surface area (Å²) in [6.07, 6.45) is 0.509. The normalized spacial score (nSPS) is 17.0. The summed E-state index contributed by atoms with van der Waals surface area (Å²) in [6, 6.07) is 7.55. The van der Waals surface area contributed by atoms with Crippen molar-refractivity contribution in [3.05, 3.63) is 29.8 Å². The summed E-state index contributed by atoms with van der Waals surface area (Å²) in [5.41, 5.74) is 1.81. The van der Waals surface area contributed by atoms with Crippen molar-refractivity contribution in [2.45, 2.75) is 45.9 Å². The SMILES string of the molecule is CCNC(=NCc1ccc(NC(=O)NC(C)C)cc1)N1CC[C@@H](O)C1.I. The summed E-state index contributed by atoms with van der Waals surface area (Å²) in [4.78, 5) is 18.4. The molecule has 1 aliphatic rings. The van der Waals surface area contributed by atoms with E-state index in [1.54, 1.807) is 0 Å². The van der Waals surface area contributed by atoms with E-state index >= 15 is 0 Å². The molecule has 2 rings (SSSR count). The Labute approximate surface area is 172 Å². The molecule has 1 aliphatic heterocycles. The third-order valence-corrected chi connectivity index (χ3v) is 3.84. The van der Waals surface area contributed by atoms with E-state index < -0.39 is 0 Å². The number of hydrogen-bond acceptors (Lipinski definition) is 3. The van der Waals surface area contributed by atoms with E-state index in [-0.39, 0.29) is 42.2 Å². The topological polar surface area (TPSA) is 89.0 Å². The quantitative estimate of drug-likeness (QED) is 0.299. The molecule has 7 nitrogen and oxygen atoms in total. The number of halogens is 1. The second-order valence-electron chi connectivity index (χ2n) is 6.51. The number of nitrogens with one attached hydrogen (secondary N) is 3. The first-order valence-electron chi connectivity index (χ1n) is 8.85. The number of aliphatic hydroxyl groups is 1. The average molecular weight is 475 g/mol. The van der Waals surface area contributed by atoms with Crippen LogP contribution in [-0.2, 0) is 6.54 Å². The summed E-state index contributed by atoms with van der Waals surface area (Å²) >= 11 is 0. The van der Waals surface area contributed by atoms with Gasteiger partial charge in [0.25, 0.3) is 0 Å². The number of carbonyl (C=O) groups is 1. The molecule has 0 radical (unpaired) electrons. The van der Waals surface area contributed by atoms with E-state index in [4.69, 9.17) is 0 Å². The van der Waals surface area contributed by atoms with Crippen molar-refractivity contribution in [1.82, 2.24) is 15.5 Å². The highest BCUT2D eigenvalue weighted by atomic mass is 127. The van der Waals surface area contributed by atoms with Crippen LogP contribution in [0.1, 0.15) is 32.8 Å². The van der Waals surface area contributed by atoms with Crippen LogP contribution in [0.15, 0.2) is 29.3 Å². The molecule has 0 unspecified atom stereocenters. The van der Waals surface area contributed by atoms with E-state index in [0.717, 1.165) is 36.7 Å². The predicted molar refractivity (Wildman–Crippen MR) is 116 cm³/mol. The smallest absolute Gasteiger partial charge is 0.319 e. The monoisotopic (exact) mass is 475 g/mol. The third-order valence-electron chi connectivity index (χ3n) is 3.84. The van der Waals surface area contributed by atoms with Gasteiger partial charge in [0, 0.05) is 31.4 Å². The Morgan fingerprint density at radius 3 is 2.58 bits per heavy atom. The first-order chi connectivity index (χ1) is 12.0. The molecule has 0 bridgehead atoms. The van der Waals surface area contributed by atoms with Crippen molar-refractivity contribution in [2.24, 2.45) is 4.99 Å². The molecular weight excluding hydrogens is 445 g/mol. The van der Waals surface area contributed by atoms with Gasteiger partial charge in [0.1, 0.15) is 0 Å². The number of nitrogens with zero attached hydrogens (tertiary/aromatic N) is 2. The van der Waals surface area contributed by atoms with Crippen LogP contribution in [0, 0.1) is 0 Å². The molecule has 2 amide bonds. The Morgan fingerprint density at radius 1 is 1.35 bits per heavy atom. The Bertz CT molecular complexity index is 592. The summed E-state index contributed by atoms with van der Waals surface area (Å²) in [5.74, 6) is 0.831. The molecule has 0 spiro atoms. The van der Waals surface area contributed by atoms with Crippen LogP contribution in [0.25, 0.3) is 0 Å². The Morgan fingerprint density at radius 2 is 2.04 bits per heavy atom. The molecule has 0 aliphatic carbocycles. The minimum absolute atomic E-state index is 0. The number of hydrogen-bond donors (Lipinski definition) is 4. The van der Waals surface area contributed by atoms with Gasteiger partial charge < -0.3 is 26.0 Å². The highest BCUT2D eigenvalue weighted by Crippen LogP contribution is 2.12. The number of benzene rings is 1. The zero-order chi connectivity index (χ0) is 18.2. The molecule has 4 N–H and O–H groups in total. The number of anilines is 1. The third kappa shape index (κ3) is 7.36. The molecule has 1 aromatic carbocycles. The largest absolute Gasteiger partial charge is 0.391 e. The summed E-state index contributed by atoms with van der Waals surface area (Å²) in [7, 11) is 0. The molecule has 1 saturated heterocycles. The van der Waals surface area contributed by atoms with Crippen LogP contribution in [-0.4, -0.2) is 53.8 Å². The van der Waals surface area contributed by atoms with Gasteiger partial charge in [0.05, 0.1) is 12.6 Å². The molecule has 1 aromatic rings. The van der Waals surface area contributed by atoms with Gasteiger partial charge in [0.2, 0.25) is 0 Å². The van der Waals surface area contributed by atoms with E-state index in [1.165, 1.54) is 0 Å². The van der Waals surface area contributed by atoms with Crippen molar-refractivity contribution in [2.75, 3.05) is 25.0 Å². The van der Waals surface area contributed by atoms with Gasteiger partial charge in [-0.3, -0.25) is 0 Å². The second-order valence-corrected chi connectivity index (χ2v) is 6.51. The lowest BCUT2D eigenvalue weighted by atomic mass is 10.2. The van der Waals surface area contributed by atoms with Crippen LogP contribution in [0.3, 0.4) is 0 Å². The lowest BCUT2D eigenvalue weighted by Crippen LogP contribution is -2.40. The van der Waals surface area contributed by atoms with E-state index in [1.807, 2.05) is 45.0 Å². The molecular formula is C18H30IN5O2. The van der Waals surface area contributed by atoms with Crippen molar-refractivity contribution in [3.8, 4) is 0 Å². The second kappa shape index (κ2) is 11.2. The molecule has 8 heteroatoms. The minimum Gasteiger partial charge on any atom is -0.391 e. The molecule has 0 saturated carbocycles. The van der Waals surface area contributed by atoms with E-state index in [2.05, 4.69) is 25.8 Å². The highest BCUT2D eigenvalue weighted by Gasteiger charge is 2.22. The zero-order valence-corrected chi connectivity index (χ0v) is 18.0. The van der Waals surface area contributed by atoms with Crippen LogP contribution >= 0.6 is 24.0 Å². The van der Waals surface area contributed by atoms with E-state index in [9.17, 15) is 9.90 Å². The zero-order valence-electron chi connectivity index (χ0n) is 15.7. The van der Waals surface area contributed by atoms with E-state index in [0.29, 0.717) is 13.1 Å². The number of guanidine groups is 1.